The van der Waals surface area contributed by atoms with E-state index < -0.39 is 0 Å². The summed E-state index contributed by atoms with van der Waals surface area (Å²) < 4.78 is 0. The SMILES string of the molecule is CCCNCCNC(=O)C(C)N(C)Cc1ccccc1.Cl.Cl. The smallest absolute Gasteiger partial charge is 0.237 e. The first-order valence-electron chi connectivity index (χ1n) is 7.37. The Labute approximate surface area is 146 Å². The van der Waals surface area contributed by atoms with E-state index in [1.54, 1.807) is 0 Å². The summed E-state index contributed by atoms with van der Waals surface area (Å²) in [5, 5.41) is 6.23. The van der Waals surface area contributed by atoms with Crippen LogP contribution in [-0.4, -0.2) is 43.5 Å². The molecule has 0 spiro atoms. The van der Waals surface area contributed by atoms with Gasteiger partial charge in [0.25, 0.3) is 0 Å². The van der Waals surface area contributed by atoms with Crippen LogP contribution >= 0.6 is 24.8 Å². The van der Waals surface area contributed by atoms with E-state index in [0.29, 0.717) is 6.54 Å². The Morgan fingerprint density at radius 3 is 2.36 bits per heavy atom. The number of nitrogens with one attached hydrogen (secondary N) is 2. The number of amides is 1. The third-order valence-electron chi connectivity index (χ3n) is 3.34. The van der Waals surface area contributed by atoms with Gasteiger partial charge in [-0.1, -0.05) is 37.3 Å². The molecule has 1 aromatic carbocycles. The Kier molecular flexibility index (Phi) is 14.7. The van der Waals surface area contributed by atoms with Crippen LogP contribution in [0, 0.1) is 0 Å². The van der Waals surface area contributed by atoms with Crippen molar-refractivity contribution in [3.8, 4) is 0 Å². The van der Waals surface area contributed by atoms with Crippen molar-refractivity contribution < 1.29 is 4.79 Å². The summed E-state index contributed by atoms with van der Waals surface area (Å²) in [7, 11) is 1.98. The minimum absolute atomic E-state index is 0. The van der Waals surface area contributed by atoms with Gasteiger partial charge in [-0.3, -0.25) is 9.69 Å². The zero-order valence-electron chi connectivity index (χ0n) is 13.7. The predicted octanol–water partition coefficient (Wildman–Crippen LogP) is 2.47. The monoisotopic (exact) mass is 349 g/mol. The molecule has 0 saturated heterocycles. The highest BCUT2D eigenvalue weighted by molar-refractivity contribution is 5.85. The first-order valence-corrected chi connectivity index (χ1v) is 7.37. The summed E-state index contributed by atoms with van der Waals surface area (Å²) in [5.74, 6) is 0.0849. The summed E-state index contributed by atoms with van der Waals surface area (Å²) in [6.07, 6.45) is 1.12. The van der Waals surface area contributed by atoms with Gasteiger partial charge >= 0.3 is 0 Å². The second kappa shape index (κ2) is 13.8. The van der Waals surface area contributed by atoms with Crippen molar-refractivity contribution >= 4 is 30.7 Å². The number of hydrogen-bond donors (Lipinski definition) is 2. The van der Waals surface area contributed by atoms with E-state index in [9.17, 15) is 4.79 Å². The molecule has 2 N–H and O–H groups in total. The highest BCUT2D eigenvalue weighted by Gasteiger charge is 2.17. The molecule has 0 bridgehead atoms. The van der Waals surface area contributed by atoms with Gasteiger partial charge in [-0.25, -0.2) is 0 Å². The molecule has 1 atom stereocenters. The van der Waals surface area contributed by atoms with Gasteiger partial charge in [-0.15, -0.1) is 24.8 Å². The topological polar surface area (TPSA) is 44.4 Å². The van der Waals surface area contributed by atoms with Crippen LogP contribution in [0.2, 0.25) is 0 Å². The van der Waals surface area contributed by atoms with Crippen LogP contribution in [0.1, 0.15) is 25.8 Å². The number of carbonyl (C=O) groups is 1. The molecule has 1 unspecified atom stereocenters. The highest BCUT2D eigenvalue weighted by atomic mass is 35.5. The molecule has 0 aliphatic heterocycles. The molecule has 0 aliphatic carbocycles. The summed E-state index contributed by atoms with van der Waals surface area (Å²) in [4.78, 5) is 14.1. The van der Waals surface area contributed by atoms with Crippen LogP contribution < -0.4 is 10.6 Å². The van der Waals surface area contributed by atoms with E-state index in [4.69, 9.17) is 0 Å². The lowest BCUT2D eigenvalue weighted by atomic mass is 10.2. The predicted molar refractivity (Wildman–Crippen MR) is 98.0 cm³/mol. The molecule has 0 aliphatic rings. The molecular formula is C16H29Cl2N3O. The van der Waals surface area contributed by atoms with Gasteiger partial charge < -0.3 is 10.6 Å². The van der Waals surface area contributed by atoms with Crippen molar-refractivity contribution in [1.29, 1.82) is 0 Å². The Balaban J connectivity index is 0. The fourth-order valence-electron chi connectivity index (χ4n) is 1.93. The molecule has 0 aromatic heterocycles. The minimum Gasteiger partial charge on any atom is -0.353 e. The van der Waals surface area contributed by atoms with E-state index in [-0.39, 0.29) is 36.8 Å². The maximum atomic E-state index is 12.0. The van der Waals surface area contributed by atoms with Gasteiger partial charge in [-0.2, -0.15) is 0 Å². The van der Waals surface area contributed by atoms with Crippen LogP contribution in [-0.2, 0) is 11.3 Å². The summed E-state index contributed by atoms with van der Waals surface area (Å²) >= 11 is 0. The average Bonchev–Trinajstić information content (AvgIpc) is 2.47. The lowest BCUT2D eigenvalue weighted by Crippen LogP contribution is -2.44. The molecule has 0 radical (unpaired) electrons. The van der Waals surface area contributed by atoms with E-state index in [1.165, 1.54) is 5.56 Å². The van der Waals surface area contributed by atoms with Crippen LogP contribution in [0.5, 0.6) is 0 Å². The van der Waals surface area contributed by atoms with Crippen molar-refractivity contribution in [3.05, 3.63) is 35.9 Å². The van der Waals surface area contributed by atoms with Gasteiger partial charge in [0.15, 0.2) is 0 Å². The maximum absolute atomic E-state index is 12.0. The second-order valence-electron chi connectivity index (χ2n) is 5.12. The quantitative estimate of drug-likeness (QED) is 0.673. The number of rotatable bonds is 9. The van der Waals surface area contributed by atoms with Gasteiger partial charge in [0.05, 0.1) is 6.04 Å². The number of nitrogens with zero attached hydrogens (tertiary/aromatic N) is 1. The molecule has 1 amide bonds. The molecular weight excluding hydrogens is 321 g/mol. The van der Waals surface area contributed by atoms with Crippen molar-refractivity contribution in [2.24, 2.45) is 0 Å². The van der Waals surface area contributed by atoms with E-state index in [0.717, 1.165) is 26.1 Å². The maximum Gasteiger partial charge on any atom is 0.237 e. The second-order valence-corrected chi connectivity index (χ2v) is 5.12. The normalized spacial score (nSPS) is 11.3. The highest BCUT2D eigenvalue weighted by Crippen LogP contribution is 2.05. The number of halogens is 2. The lowest BCUT2D eigenvalue weighted by molar-refractivity contribution is -0.125. The van der Waals surface area contributed by atoms with Crippen LogP contribution in [0.15, 0.2) is 30.3 Å². The van der Waals surface area contributed by atoms with Crippen LogP contribution in [0.25, 0.3) is 0 Å². The van der Waals surface area contributed by atoms with E-state index in [2.05, 4.69) is 34.6 Å². The number of hydrogen-bond acceptors (Lipinski definition) is 3. The molecule has 1 aromatic rings. The molecule has 0 fully saturated rings. The summed E-state index contributed by atoms with van der Waals surface area (Å²) in [6.45, 7) is 7.36. The van der Waals surface area contributed by atoms with Gasteiger partial charge in [0, 0.05) is 19.6 Å². The Morgan fingerprint density at radius 2 is 1.77 bits per heavy atom. The Bertz CT molecular complexity index is 390. The molecule has 0 heterocycles. The first kappa shape index (κ1) is 23.5. The van der Waals surface area contributed by atoms with Crippen molar-refractivity contribution in [3.63, 3.8) is 0 Å². The van der Waals surface area contributed by atoms with Crippen LogP contribution in [0.3, 0.4) is 0 Å². The lowest BCUT2D eigenvalue weighted by Gasteiger charge is -2.24. The van der Waals surface area contributed by atoms with Gasteiger partial charge in [0.1, 0.15) is 0 Å². The zero-order valence-corrected chi connectivity index (χ0v) is 15.3. The van der Waals surface area contributed by atoms with Crippen molar-refractivity contribution in [1.82, 2.24) is 15.5 Å². The Morgan fingerprint density at radius 1 is 1.14 bits per heavy atom. The van der Waals surface area contributed by atoms with Gasteiger partial charge in [-0.05, 0) is 32.5 Å². The third kappa shape index (κ3) is 9.26. The number of carbonyl (C=O) groups excluding carboxylic acids is 1. The average molecular weight is 350 g/mol. The van der Waals surface area contributed by atoms with E-state index >= 15 is 0 Å². The third-order valence-corrected chi connectivity index (χ3v) is 3.34. The molecule has 1 rings (SSSR count). The largest absolute Gasteiger partial charge is 0.353 e. The molecule has 6 heteroatoms. The standard InChI is InChI=1S/C16H27N3O.2ClH/c1-4-10-17-11-12-18-16(20)14(2)19(3)13-15-8-6-5-7-9-15;;/h5-9,14,17H,4,10-13H2,1-3H3,(H,18,20);2*1H. The fourth-order valence-corrected chi connectivity index (χ4v) is 1.93. The van der Waals surface area contributed by atoms with Gasteiger partial charge in [0.2, 0.25) is 5.91 Å². The minimum atomic E-state index is -0.124. The molecule has 0 saturated carbocycles. The molecule has 128 valence electrons. The molecule has 4 nitrogen and oxygen atoms in total. The van der Waals surface area contributed by atoms with E-state index in [1.807, 2.05) is 32.2 Å². The molecule has 22 heavy (non-hydrogen) atoms. The first-order chi connectivity index (χ1) is 9.65. The fraction of sp³-hybridized carbons (Fsp3) is 0.562. The van der Waals surface area contributed by atoms with Crippen molar-refractivity contribution in [2.45, 2.75) is 32.9 Å². The summed E-state index contributed by atoms with van der Waals surface area (Å²) in [6, 6.07) is 10.1. The number of benzene rings is 1. The van der Waals surface area contributed by atoms with Crippen LogP contribution in [0.4, 0.5) is 0 Å². The Hall–Kier alpha value is -0.810. The zero-order chi connectivity index (χ0) is 14.8. The number of likely N-dealkylation sites (N-methyl/N-ethyl adjacent to an activating group) is 1. The summed E-state index contributed by atoms with van der Waals surface area (Å²) in [5.41, 5.74) is 1.22. The van der Waals surface area contributed by atoms with Crippen molar-refractivity contribution in [2.75, 3.05) is 26.7 Å².